The highest BCUT2D eigenvalue weighted by Crippen LogP contribution is 2.08. The molecule has 2 rings (SSSR count). The standard InChI is InChI=1S/C9H8N2OS/c12-11-5-2-1-3-8(11)7-9-10-4-6-13-9/h1-6H,7H2. The lowest BCUT2D eigenvalue weighted by Gasteiger charge is -2.00. The van der Waals surface area contributed by atoms with Crippen LogP contribution in [-0.2, 0) is 6.42 Å². The fraction of sp³-hybridized carbons (Fsp3) is 0.111. The van der Waals surface area contributed by atoms with Gasteiger partial charge in [-0.3, -0.25) is 0 Å². The van der Waals surface area contributed by atoms with Crippen molar-refractivity contribution < 1.29 is 4.73 Å². The Hall–Kier alpha value is -1.42. The Labute approximate surface area is 79.9 Å². The maximum Gasteiger partial charge on any atom is 0.199 e. The molecule has 13 heavy (non-hydrogen) atoms. The lowest BCUT2D eigenvalue weighted by atomic mass is 10.3. The molecule has 0 aliphatic heterocycles. The first-order valence-corrected chi connectivity index (χ1v) is 4.79. The van der Waals surface area contributed by atoms with Crippen LogP contribution in [0.2, 0.25) is 0 Å². The van der Waals surface area contributed by atoms with Crippen LogP contribution in [0.3, 0.4) is 0 Å². The maximum atomic E-state index is 11.2. The molecule has 0 atom stereocenters. The van der Waals surface area contributed by atoms with E-state index < -0.39 is 0 Å². The Bertz CT molecular complexity index is 386. The lowest BCUT2D eigenvalue weighted by Crippen LogP contribution is -2.30. The fourth-order valence-corrected chi connectivity index (χ4v) is 1.73. The highest BCUT2D eigenvalue weighted by molar-refractivity contribution is 7.09. The molecule has 0 saturated heterocycles. The SMILES string of the molecule is [O-][n+]1ccccc1Cc1nccs1. The highest BCUT2D eigenvalue weighted by atomic mass is 32.1. The minimum absolute atomic E-state index is 0.613. The van der Waals surface area contributed by atoms with Crippen molar-refractivity contribution in [3.05, 3.63) is 51.9 Å². The normalized spacial score (nSPS) is 10.2. The van der Waals surface area contributed by atoms with Crippen molar-refractivity contribution in [2.75, 3.05) is 0 Å². The van der Waals surface area contributed by atoms with Crippen LogP contribution in [0, 0.1) is 5.21 Å². The molecule has 4 heteroatoms. The molecule has 3 nitrogen and oxygen atoms in total. The summed E-state index contributed by atoms with van der Waals surface area (Å²) in [5.74, 6) is 0. The molecule has 0 aliphatic carbocycles. The summed E-state index contributed by atoms with van der Waals surface area (Å²) in [4.78, 5) is 4.12. The second kappa shape index (κ2) is 3.53. The van der Waals surface area contributed by atoms with Gasteiger partial charge >= 0.3 is 0 Å². The molecule has 0 saturated carbocycles. The quantitative estimate of drug-likeness (QED) is 0.532. The van der Waals surface area contributed by atoms with Crippen LogP contribution in [0.4, 0.5) is 0 Å². The van der Waals surface area contributed by atoms with Crippen LogP contribution in [-0.4, -0.2) is 4.98 Å². The topological polar surface area (TPSA) is 39.8 Å². The van der Waals surface area contributed by atoms with Gasteiger partial charge in [0.25, 0.3) is 0 Å². The number of hydrogen-bond donors (Lipinski definition) is 0. The predicted octanol–water partition coefficient (Wildman–Crippen LogP) is 1.37. The van der Waals surface area contributed by atoms with Gasteiger partial charge in [-0.05, 0) is 6.07 Å². The fourth-order valence-electron chi connectivity index (χ4n) is 1.10. The summed E-state index contributed by atoms with van der Waals surface area (Å²) in [6.45, 7) is 0. The number of aromatic nitrogens is 2. The van der Waals surface area contributed by atoms with Gasteiger partial charge in [0, 0.05) is 23.7 Å². The van der Waals surface area contributed by atoms with Crippen molar-refractivity contribution >= 4 is 11.3 Å². The molecular weight excluding hydrogens is 184 g/mol. The van der Waals surface area contributed by atoms with Crippen molar-refractivity contribution in [2.45, 2.75) is 6.42 Å². The lowest BCUT2D eigenvalue weighted by molar-refractivity contribution is -0.613. The van der Waals surface area contributed by atoms with E-state index in [0.717, 1.165) is 15.4 Å². The molecule has 2 aromatic rings. The van der Waals surface area contributed by atoms with Crippen LogP contribution in [0.5, 0.6) is 0 Å². The van der Waals surface area contributed by atoms with E-state index in [1.165, 1.54) is 6.20 Å². The first-order valence-electron chi connectivity index (χ1n) is 3.92. The third kappa shape index (κ3) is 1.84. The zero-order valence-corrected chi connectivity index (χ0v) is 7.70. The summed E-state index contributed by atoms with van der Waals surface area (Å²) in [7, 11) is 0. The Morgan fingerprint density at radius 2 is 2.38 bits per heavy atom. The van der Waals surface area contributed by atoms with E-state index in [4.69, 9.17) is 0 Å². The second-order valence-electron chi connectivity index (χ2n) is 2.62. The van der Waals surface area contributed by atoms with Crippen LogP contribution in [0.15, 0.2) is 36.0 Å². The second-order valence-corrected chi connectivity index (χ2v) is 3.60. The number of nitrogens with zero attached hydrogens (tertiary/aromatic N) is 2. The van der Waals surface area contributed by atoms with Crippen molar-refractivity contribution in [2.24, 2.45) is 0 Å². The molecule has 0 spiro atoms. The molecule has 0 fully saturated rings. The van der Waals surface area contributed by atoms with E-state index in [2.05, 4.69) is 4.98 Å². The summed E-state index contributed by atoms with van der Waals surface area (Å²) < 4.78 is 0.876. The van der Waals surface area contributed by atoms with Gasteiger partial charge in [0.05, 0.1) is 6.42 Å². The van der Waals surface area contributed by atoms with Crippen LogP contribution < -0.4 is 4.73 Å². The summed E-state index contributed by atoms with van der Waals surface area (Å²) in [6, 6.07) is 5.39. The average Bonchev–Trinajstić information content (AvgIpc) is 2.61. The number of thiazole rings is 1. The average molecular weight is 192 g/mol. The minimum atomic E-state index is 0.613. The monoisotopic (exact) mass is 192 g/mol. The van der Waals surface area contributed by atoms with E-state index in [9.17, 15) is 5.21 Å². The number of rotatable bonds is 2. The molecule has 0 radical (unpaired) electrons. The third-order valence-corrected chi connectivity index (χ3v) is 2.50. The van der Waals surface area contributed by atoms with E-state index >= 15 is 0 Å². The molecule has 0 N–H and O–H groups in total. The molecule has 2 heterocycles. The summed E-state index contributed by atoms with van der Waals surface area (Å²) >= 11 is 1.56. The molecule has 0 unspecified atom stereocenters. The van der Waals surface area contributed by atoms with Crippen molar-refractivity contribution in [3.8, 4) is 0 Å². The molecule has 0 aromatic carbocycles. The first kappa shape index (κ1) is 8.19. The van der Waals surface area contributed by atoms with Crippen LogP contribution in [0.25, 0.3) is 0 Å². The smallest absolute Gasteiger partial charge is 0.199 e. The Morgan fingerprint density at radius 1 is 1.46 bits per heavy atom. The van der Waals surface area contributed by atoms with Gasteiger partial charge in [0.15, 0.2) is 11.9 Å². The van der Waals surface area contributed by atoms with Crippen molar-refractivity contribution in [1.82, 2.24) is 4.98 Å². The summed E-state index contributed by atoms with van der Waals surface area (Å²) in [6.07, 6.45) is 3.86. The zero-order valence-electron chi connectivity index (χ0n) is 6.88. The van der Waals surface area contributed by atoms with Gasteiger partial charge in [-0.1, -0.05) is 0 Å². The Balaban J connectivity index is 2.24. The molecular formula is C9H8N2OS. The number of pyridine rings is 1. The van der Waals surface area contributed by atoms with E-state index in [1.807, 2.05) is 17.5 Å². The van der Waals surface area contributed by atoms with Crippen molar-refractivity contribution in [3.63, 3.8) is 0 Å². The zero-order chi connectivity index (χ0) is 9.10. The van der Waals surface area contributed by atoms with Gasteiger partial charge < -0.3 is 5.21 Å². The van der Waals surface area contributed by atoms with Gasteiger partial charge in [-0.15, -0.1) is 11.3 Å². The molecule has 0 aliphatic rings. The van der Waals surface area contributed by atoms with Crippen molar-refractivity contribution in [1.29, 1.82) is 0 Å². The van der Waals surface area contributed by atoms with Gasteiger partial charge in [-0.2, -0.15) is 4.73 Å². The largest absolute Gasteiger partial charge is 0.618 e. The predicted molar refractivity (Wildman–Crippen MR) is 50.3 cm³/mol. The Kier molecular flexibility index (Phi) is 2.23. The maximum absolute atomic E-state index is 11.2. The highest BCUT2D eigenvalue weighted by Gasteiger charge is 2.05. The van der Waals surface area contributed by atoms with Crippen LogP contribution >= 0.6 is 11.3 Å². The Morgan fingerprint density at radius 3 is 3.08 bits per heavy atom. The summed E-state index contributed by atoms with van der Waals surface area (Å²) in [5.41, 5.74) is 0.734. The third-order valence-electron chi connectivity index (χ3n) is 1.72. The van der Waals surface area contributed by atoms with Crippen LogP contribution in [0.1, 0.15) is 10.7 Å². The van der Waals surface area contributed by atoms with Gasteiger partial charge in [-0.25, -0.2) is 4.98 Å². The minimum Gasteiger partial charge on any atom is -0.618 e. The molecule has 0 amide bonds. The molecule has 2 aromatic heterocycles. The van der Waals surface area contributed by atoms with E-state index in [-0.39, 0.29) is 0 Å². The van der Waals surface area contributed by atoms with E-state index in [0.29, 0.717) is 6.42 Å². The molecule has 66 valence electrons. The van der Waals surface area contributed by atoms with Gasteiger partial charge in [0.1, 0.15) is 5.01 Å². The van der Waals surface area contributed by atoms with E-state index in [1.54, 1.807) is 23.6 Å². The first-order chi connectivity index (χ1) is 6.36. The van der Waals surface area contributed by atoms with Gasteiger partial charge in [0.2, 0.25) is 0 Å². The number of hydrogen-bond acceptors (Lipinski definition) is 3. The molecule has 0 bridgehead atoms. The summed E-state index contributed by atoms with van der Waals surface area (Å²) in [5, 5.41) is 14.1.